The van der Waals surface area contributed by atoms with Crippen molar-refractivity contribution in [2.75, 3.05) is 33.8 Å². The summed E-state index contributed by atoms with van der Waals surface area (Å²) in [5.41, 5.74) is 0.400. The Morgan fingerprint density at radius 2 is 1.46 bits per heavy atom. The summed E-state index contributed by atoms with van der Waals surface area (Å²) in [5, 5.41) is 0.825. The second kappa shape index (κ2) is 14.3. The number of benzene rings is 1. The van der Waals surface area contributed by atoms with E-state index < -0.39 is 0 Å². The quantitative estimate of drug-likeness (QED) is 0.157. The van der Waals surface area contributed by atoms with Crippen LogP contribution in [0, 0.1) is 0 Å². The second-order valence-electron chi connectivity index (χ2n) is 8.34. The van der Waals surface area contributed by atoms with E-state index in [0.717, 1.165) is 23.9 Å². The Labute approximate surface area is 181 Å². The van der Waals surface area contributed by atoms with E-state index in [1.54, 1.807) is 12.1 Å². The van der Waals surface area contributed by atoms with Crippen molar-refractivity contribution in [2.45, 2.75) is 71.1 Å². The van der Waals surface area contributed by atoms with Crippen molar-refractivity contribution in [1.29, 1.82) is 0 Å². The van der Waals surface area contributed by atoms with Gasteiger partial charge in [-0.3, -0.25) is 4.79 Å². The first-order valence-electron chi connectivity index (χ1n) is 10.8. The van der Waals surface area contributed by atoms with Crippen LogP contribution in [0.1, 0.15) is 81.5 Å². The summed E-state index contributed by atoms with van der Waals surface area (Å²) in [6.45, 7) is 4.79. The van der Waals surface area contributed by atoms with Gasteiger partial charge in [0.15, 0.2) is 6.29 Å². The van der Waals surface area contributed by atoms with Crippen LogP contribution in [0.5, 0.6) is 5.75 Å². The highest BCUT2D eigenvalue weighted by atomic mass is 35.5. The molecule has 0 saturated carbocycles. The third-order valence-electron chi connectivity index (χ3n) is 5.22. The van der Waals surface area contributed by atoms with E-state index in [-0.39, 0.29) is 0 Å². The lowest BCUT2D eigenvalue weighted by atomic mass is 10.1. The number of likely N-dealkylation sites (N-methyl/N-ethyl adjacent to an activating group) is 1. The van der Waals surface area contributed by atoms with Gasteiger partial charge in [0, 0.05) is 5.02 Å². The Hall–Kier alpha value is -0.770. The van der Waals surface area contributed by atoms with Crippen LogP contribution in [0.4, 0.5) is 0 Å². The van der Waals surface area contributed by atoms with Gasteiger partial charge in [0.25, 0.3) is 0 Å². The first-order valence-corrected chi connectivity index (χ1v) is 11.5. The van der Waals surface area contributed by atoms with Gasteiger partial charge in [-0.15, -0.1) is 0 Å². The SMILES string of the molecule is CCCCCCCCCCCC[N+](C)(C)CCOc1c(Cl)cc(Cl)cc1C=O. The molecule has 0 aliphatic rings. The molecule has 0 radical (unpaired) electrons. The monoisotopic (exact) mass is 430 g/mol. The molecular formula is C23H38Cl2NO2+. The van der Waals surface area contributed by atoms with Crippen LogP contribution >= 0.6 is 23.2 Å². The first kappa shape index (κ1) is 25.3. The van der Waals surface area contributed by atoms with Crippen LogP contribution in [-0.2, 0) is 0 Å². The molecule has 160 valence electrons. The average Bonchev–Trinajstić information content (AvgIpc) is 2.64. The molecule has 0 bridgehead atoms. The molecule has 0 heterocycles. The van der Waals surface area contributed by atoms with Crippen molar-refractivity contribution in [3.63, 3.8) is 0 Å². The van der Waals surface area contributed by atoms with Gasteiger partial charge in [-0.2, -0.15) is 0 Å². The zero-order valence-corrected chi connectivity index (χ0v) is 19.5. The highest BCUT2D eigenvalue weighted by molar-refractivity contribution is 6.36. The van der Waals surface area contributed by atoms with Crippen LogP contribution in [0.2, 0.25) is 10.0 Å². The minimum Gasteiger partial charge on any atom is -0.485 e. The molecule has 0 saturated heterocycles. The maximum atomic E-state index is 11.2. The minimum absolute atomic E-state index is 0.384. The zero-order chi connectivity index (χ0) is 20.8. The molecule has 3 nitrogen and oxygen atoms in total. The van der Waals surface area contributed by atoms with E-state index in [9.17, 15) is 4.79 Å². The molecule has 0 aliphatic heterocycles. The number of aldehydes is 1. The number of quaternary nitrogens is 1. The standard InChI is InChI=1S/C23H38Cl2NO2/c1-4-5-6-7-8-9-10-11-12-13-14-26(2,3)15-16-28-23-20(19-27)17-21(24)18-22(23)25/h17-19H,4-16H2,1-3H3/q+1. The summed E-state index contributed by atoms with van der Waals surface area (Å²) in [6, 6.07) is 3.19. The average molecular weight is 431 g/mol. The van der Waals surface area contributed by atoms with Gasteiger partial charge in [-0.1, -0.05) is 81.5 Å². The minimum atomic E-state index is 0.384. The van der Waals surface area contributed by atoms with E-state index in [1.807, 2.05) is 0 Å². The molecule has 5 heteroatoms. The smallest absolute Gasteiger partial charge is 0.153 e. The fourth-order valence-corrected chi connectivity index (χ4v) is 3.92. The molecule has 0 aromatic heterocycles. The van der Waals surface area contributed by atoms with E-state index in [2.05, 4.69) is 21.0 Å². The second-order valence-corrected chi connectivity index (χ2v) is 9.18. The third kappa shape index (κ3) is 10.7. The molecule has 1 aromatic carbocycles. The Bertz CT molecular complexity index is 576. The number of hydrogen-bond donors (Lipinski definition) is 0. The Morgan fingerprint density at radius 1 is 0.893 bits per heavy atom. The number of unbranched alkanes of at least 4 members (excludes halogenated alkanes) is 9. The molecule has 0 unspecified atom stereocenters. The predicted molar refractivity (Wildman–Crippen MR) is 121 cm³/mol. The summed E-state index contributed by atoms with van der Waals surface area (Å²) in [7, 11) is 4.45. The summed E-state index contributed by atoms with van der Waals surface area (Å²) in [6.07, 6.45) is 14.3. The molecule has 0 aliphatic carbocycles. The normalized spacial score (nSPS) is 11.6. The van der Waals surface area contributed by atoms with Gasteiger partial charge in [0.1, 0.15) is 18.9 Å². The van der Waals surface area contributed by atoms with Crippen LogP contribution in [0.15, 0.2) is 12.1 Å². The number of halogens is 2. The first-order chi connectivity index (χ1) is 13.4. The molecule has 0 N–H and O–H groups in total. The fourth-order valence-electron chi connectivity index (χ4n) is 3.35. The number of ether oxygens (including phenoxy) is 1. The van der Waals surface area contributed by atoms with Crippen molar-refractivity contribution < 1.29 is 14.0 Å². The van der Waals surface area contributed by atoms with Crippen molar-refractivity contribution in [1.82, 2.24) is 0 Å². The number of carbonyl (C=O) groups excluding carboxylic acids is 1. The van der Waals surface area contributed by atoms with Crippen LogP contribution < -0.4 is 4.74 Å². The van der Waals surface area contributed by atoms with Gasteiger partial charge in [-0.05, 0) is 25.0 Å². The molecule has 0 spiro atoms. The zero-order valence-electron chi connectivity index (χ0n) is 17.9. The molecule has 0 atom stereocenters. The predicted octanol–water partition coefficient (Wildman–Crippen LogP) is 7.18. The Balaban J connectivity index is 2.19. The fraction of sp³-hybridized carbons (Fsp3) is 0.696. The summed E-state index contributed by atoms with van der Waals surface area (Å²) < 4.78 is 6.71. The molecule has 1 rings (SSSR count). The van der Waals surface area contributed by atoms with E-state index in [4.69, 9.17) is 27.9 Å². The lowest BCUT2D eigenvalue weighted by Crippen LogP contribution is -2.43. The molecule has 0 fully saturated rings. The van der Waals surface area contributed by atoms with Crippen LogP contribution in [0.25, 0.3) is 0 Å². The van der Waals surface area contributed by atoms with Crippen molar-refractivity contribution >= 4 is 29.5 Å². The van der Waals surface area contributed by atoms with Crippen LogP contribution in [0.3, 0.4) is 0 Å². The number of nitrogens with zero attached hydrogens (tertiary/aromatic N) is 1. The molecule has 28 heavy (non-hydrogen) atoms. The largest absolute Gasteiger partial charge is 0.485 e. The number of rotatable bonds is 16. The van der Waals surface area contributed by atoms with Gasteiger partial charge >= 0.3 is 0 Å². The van der Waals surface area contributed by atoms with Crippen molar-refractivity contribution in [2.24, 2.45) is 0 Å². The topological polar surface area (TPSA) is 26.3 Å². The molecular weight excluding hydrogens is 393 g/mol. The van der Waals surface area contributed by atoms with E-state index in [1.165, 1.54) is 64.2 Å². The van der Waals surface area contributed by atoms with Crippen LogP contribution in [-0.4, -0.2) is 44.6 Å². The highest BCUT2D eigenvalue weighted by Gasteiger charge is 2.16. The summed E-state index contributed by atoms with van der Waals surface area (Å²) >= 11 is 12.1. The lowest BCUT2D eigenvalue weighted by molar-refractivity contribution is -0.890. The van der Waals surface area contributed by atoms with Gasteiger partial charge in [0.2, 0.25) is 0 Å². The molecule has 0 amide bonds. The van der Waals surface area contributed by atoms with Gasteiger partial charge < -0.3 is 9.22 Å². The van der Waals surface area contributed by atoms with Gasteiger partial charge in [0.05, 0.1) is 31.2 Å². The van der Waals surface area contributed by atoms with Gasteiger partial charge in [-0.25, -0.2) is 0 Å². The summed E-state index contributed by atoms with van der Waals surface area (Å²) in [5.74, 6) is 0.431. The Morgan fingerprint density at radius 3 is 2.04 bits per heavy atom. The van der Waals surface area contributed by atoms with E-state index in [0.29, 0.717) is 28.0 Å². The maximum absolute atomic E-state index is 11.2. The van der Waals surface area contributed by atoms with E-state index >= 15 is 0 Å². The van der Waals surface area contributed by atoms with Crippen molar-refractivity contribution in [3.05, 3.63) is 27.7 Å². The third-order valence-corrected chi connectivity index (χ3v) is 5.72. The lowest BCUT2D eigenvalue weighted by Gasteiger charge is -2.30. The maximum Gasteiger partial charge on any atom is 0.153 e. The highest BCUT2D eigenvalue weighted by Crippen LogP contribution is 2.31. The number of carbonyl (C=O) groups is 1. The van der Waals surface area contributed by atoms with Crippen molar-refractivity contribution in [3.8, 4) is 5.75 Å². The Kier molecular flexibility index (Phi) is 12.9. The number of hydrogen-bond acceptors (Lipinski definition) is 2. The summed E-state index contributed by atoms with van der Waals surface area (Å²) in [4.78, 5) is 11.2. The molecule has 1 aromatic rings.